The fourth-order valence-electron chi connectivity index (χ4n) is 3.13. The number of esters is 1. The largest absolute Gasteiger partial charge is 0.461 e. The number of hydrogen-bond acceptors (Lipinski definition) is 6. The van der Waals surface area contributed by atoms with E-state index in [0.717, 1.165) is 16.5 Å². The second kappa shape index (κ2) is 6.63. The van der Waals surface area contributed by atoms with Crippen LogP contribution in [0.1, 0.15) is 29.5 Å². The topological polar surface area (TPSA) is 90.7 Å². The van der Waals surface area contributed by atoms with Crippen LogP contribution in [0.15, 0.2) is 27.4 Å². The van der Waals surface area contributed by atoms with Gasteiger partial charge in [-0.15, -0.1) is 0 Å². The summed E-state index contributed by atoms with van der Waals surface area (Å²) in [6.07, 6.45) is 0.574. The average Bonchev–Trinajstić information content (AvgIpc) is 2.87. The molecule has 1 aromatic carbocycles. The van der Waals surface area contributed by atoms with E-state index in [1.54, 1.807) is 0 Å². The van der Waals surface area contributed by atoms with E-state index in [2.05, 4.69) is 0 Å². The summed E-state index contributed by atoms with van der Waals surface area (Å²) in [5.74, 6) is -0.459. The lowest BCUT2D eigenvalue weighted by Gasteiger charge is -2.11. The molecule has 0 N–H and O–H groups in total. The van der Waals surface area contributed by atoms with Gasteiger partial charge in [-0.3, -0.25) is 4.79 Å². The number of benzene rings is 1. The van der Waals surface area contributed by atoms with Gasteiger partial charge in [-0.05, 0) is 37.3 Å². The molecule has 0 saturated carbocycles. The Bertz CT molecular complexity index is 987. The third kappa shape index (κ3) is 3.92. The molecule has 0 spiro atoms. The van der Waals surface area contributed by atoms with Crippen LogP contribution in [0.2, 0.25) is 0 Å². The van der Waals surface area contributed by atoms with Gasteiger partial charge in [0.2, 0.25) is 0 Å². The summed E-state index contributed by atoms with van der Waals surface area (Å²) >= 11 is 0. The molecule has 25 heavy (non-hydrogen) atoms. The molecule has 1 saturated heterocycles. The van der Waals surface area contributed by atoms with Crippen LogP contribution in [0.3, 0.4) is 0 Å². The standard InChI is InChI=1S/C18H20O6S/c1-11-3-4-15-14(8-17(20)24-18(15)12(11)2)9-23-16(19)7-13-5-6-25(21,22)10-13/h3-4,8,13H,5-7,9-10H2,1-2H3/t13-/m1/s1. The molecule has 1 aromatic heterocycles. The van der Waals surface area contributed by atoms with Crippen LogP contribution in [-0.2, 0) is 26.0 Å². The van der Waals surface area contributed by atoms with Gasteiger partial charge in [0.1, 0.15) is 12.2 Å². The van der Waals surface area contributed by atoms with Gasteiger partial charge in [-0.25, -0.2) is 13.2 Å². The lowest BCUT2D eigenvalue weighted by Crippen LogP contribution is -2.13. The number of carbonyl (C=O) groups excluding carboxylic acids is 1. The highest BCUT2D eigenvalue weighted by Gasteiger charge is 2.29. The van der Waals surface area contributed by atoms with Crippen molar-refractivity contribution in [3.8, 4) is 0 Å². The lowest BCUT2D eigenvalue weighted by molar-refractivity contribution is -0.145. The first-order valence-corrected chi connectivity index (χ1v) is 9.96. The molecule has 1 atom stereocenters. The van der Waals surface area contributed by atoms with Gasteiger partial charge < -0.3 is 9.15 Å². The number of ether oxygens (including phenoxy) is 1. The number of carbonyl (C=O) groups is 1. The first-order chi connectivity index (χ1) is 11.7. The van der Waals surface area contributed by atoms with Crippen molar-refractivity contribution < 1.29 is 22.4 Å². The molecule has 1 fully saturated rings. The molecule has 1 aliphatic heterocycles. The van der Waals surface area contributed by atoms with Gasteiger partial charge >= 0.3 is 11.6 Å². The van der Waals surface area contributed by atoms with Crippen LogP contribution in [0.5, 0.6) is 0 Å². The quantitative estimate of drug-likeness (QED) is 0.611. The smallest absolute Gasteiger partial charge is 0.336 e. The van der Waals surface area contributed by atoms with Crippen molar-refractivity contribution in [3.05, 3.63) is 45.3 Å². The van der Waals surface area contributed by atoms with Gasteiger partial charge in [0, 0.05) is 23.4 Å². The third-order valence-electron chi connectivity index (χ3n) is 4.69. The molecule has 0 amide bonds. The first-order valence-electron chi connectivity index (χ1n) is 8.14. The van der Waals surface area contributed by atoms with Crippen molar-refractivity contribution in [1.29, 1.82) is 0 Å². The monoisotopic (exact) mass is 364 g/mol. The summed E-state index contributed by atoms with van der Waals surface area (Å²) in [7, 11) is -3.01. The van der Waals surface area contributed by atoms with E-state index in [9.17, 15) is 18.0 Å². The third-order valence-corrected chi connectivity index (χ3v) is 6.53. The zero-order chi connectivity index (χ0) is 18.2. The van der Waals surface area contributed by atoms with Crippen molar-refractivity contribution >= 4 is 26.8 Å². The molecule has 6 nitrogen and oxygen atoms in total. The van der Waals surface area contributed by atoms with Crippen LogP contribution >= 0.6 is 0 Å². The number of fused-ring (bicyclic) bond motifs is 1. The summed E-state index contributed by atoms with van der Waals surface area (Å²) < 4.78 is 33.5. The van der Waals surface area contributed by atoms with E-state index in [0.29, 0.717) is 17.6 Å². The van der Waals surface area contributed by atoms with Crippen molar-refractivity contribution in [1.82, 2.24) is 0 Å². The zero-order valence-electron chi connectivity index (χ0n) is 14.2. The first kappa shape index (κ1) is 17.7. The Morgan fingerprint density at radius 3 is 2.76 bits per heavy atom. The predicted molar refractivity (Wildman–Crippen MR) is 93.1 cm³/mol. The number of sulfone groups is 1. The van der Waals surface area contributed by atoms with Gasteiger partial charge in [0.15, 0.2) is 9.84 Å². The fourth-order valence-corrected chi connectivity index (χ4v) is 4.99. The van der Waals surface area contributed by atoms with E-state index in [1.807, 2.05) is 26.0 Å². The lowest BCUT2D eigenvalue weighted by atomic mass is 10.0. The molecule has 0 radical (unpaired) electrons. The maximum atomic E-state index is 12.0. The molecular formula is C18H20O6S. The van der Waals surface area contributed by atoms with Crippen molar-refractivity contribution in [2.75, 3.05) is 11.5 Å². The maximum absolute atomic E-state index is 12.0. The predicted octanol–water partition coefficient (Wildman–Crippen LogP) is 2.28. The number of rotatable bonds is 4. The van der Waals surface area contributed by atoms with Crippen molar-refractivity contribution in [2.24, 2.45) is 5.92 Å². The Morgan fingerprint density at radius 2 is 2.08 bits per heavy atom. The Hall–Kier alpha value is -2.15. The molecule has 7 heteroatoms. The second-order valence-electron chi connectivity index (χ2n) is 6.61. The zero-order valence-corrected chi connectivity index (χ0v) is 15.0. The molecule has 134 valence electrons. The molecule has 3 rings (SSSR count). The van der Waals surface area contributed by atoms with Gasteiger partial charge in [0.05, 0.1) is 11.5 Å². The van der Waals surface area contributed by atoms with Crippen LogP contribution in [-0.4, -0.2) is 25.9 Å². The molecular weight excluding hydrogens is 344 g/mol. The molecule has 2 heterocycles. The Kier molecular flexibility index (Phi) is 4.69. The fraction of sp³-hybridized carbons (Fsp3) is 0.444. The molecule has 1 aliphatic rings. The Labute approximate surface area is 145 Å². The van der Waals surface area contributed by atoms with Gasteiger partial charge in [-0.1, -0.05) is 12.1 Å². The van der Waals surface area contributed by atoms with Gasteiger partial charge in [-0.2, -0.15) is 0 Å². The van der Waals surface area contributed by atoms with E-state index < -0.39 is 21.4 Å². The molecule has 0 aliphatic carbocycles. The highest BCUT2D eigenvalue weighted by atomic mass is 32.2. The second-order valence-corrected chi connectivity index (χ2v) is 8.84. The normalized spacial score (nSPS) is 19.2. The minimum absolute atomic E-state index is 0.0388. The summed E-state index contributed by atoms with van der Waals surface area (Å²) in [5.41, 5.74) is 2.47. The number of hydrogen-bond donors (Lipinski definition) is 0. The Morgan fingerprint density at radius 1 is 1.32 bits per heavy atom. The SMILES string of the molecule is Cc1ccc2c(COC(=O)C[C@H]3CCS(=O)(=O)C3)cc(=O)oc2c1C. The Balaban J connectivity index is 1.74. The van der Waals surface area contributed by atoms with E-state index in [1.165, 1.54) is 6.07 Å². The molecule has 2 aromatic rings. The molecule has 0 unspecified atom stereocenters. The van der Waals surface area contributed by atoms with Gasteiger partial charge in [0.25, 0.3) is 0 Å². The summed E-state index contributed by atoms with van der Waals surface area (Å²) in [6.45, 7) is 3.76. The maximum Gasteiger partial charge on any atom is 0.336 e. The molecule has 0 bridgehead atoms. The average molecular weight is 364 g/mol. The summed E-state index contributed by atoms with van der Waals surface area (Å²) in [5, 5.41) is 0.735. The van der Waals surface area contributed by atoms with Crippen molar-refractivity contribution in [3.63, 3.8) is 0 Å². The van der Waals surface area contributed by atoms with Crippen molar-refractivity contribution in [2.45, 2.75) is 33.3 Å². The summed E-state index contributed by atoms with van der Waals surface area (Å²) in [4.78, 5) is 23.8. The number of aryl methyl sites for hydroxylation is 2. The summed E-state index contributed by atoms with van der Waals surface area (Å²) in [6, 6.07) is 5.09. The van der Waals surface area contributed by atoms with Crippen LogP contribution in [0.4, 0.5) is 0 Å². The van der Waals surface area contributed by atoms with E-state index >= 15 is 0 Å². The van der Waals surface area contributed by atoms with E-state index in [4.69, 9.17) is 9.15 Å². The van der Waals surface area contributed by atoms with E-state index in [-0.39, 0.29) is 30.5 Å². The highest BCUT2D eigenvalue weighted by molar-refractivity contribution is 7.91. The van der Waals surface area contributed by atoms with Crippen LogP contribution in [0.25, 0.3) is 11.0 Å². The minimum atomic E-state index is -3.01. The highest BCUT2D eigenvalue weighted by Crippen LogP contribution is 2.25. The minimum Gasteiger partial charge on any atom is -0.461 e. The van der Waals surface area contributed by atoms with Crippen LogP contribution in [0, 0.1) is 19.8 Å². The van der Waals surface area contributed by atoms with Crippen LogP contribution < -0.4 is 5.63 Å².